The summed E-state index contributed by atoms with van der Waals surface area (Å²) in [6.07, 6.45) is 3.65. The zero-order valence-corrected chi connectivity index (χ0v) is 14.9. The second-order valence-electron chi connectivity index (χ2n) is 5.76. The Morgan fingerprint density at radius 3 is 2.78 bits per heavy atom. The fourth-order valence-electron chi connectivity index (χ4n) is 2.77. The molecule has 27 heavy (non-hydrogen) atoms. The van der Waals surface area contributed by atoms with Crippen molar-refractivity contribution in [2.24, 2.45) is 0 Å². The Labute approximate surface area is 156 Å². The second kappa shape index (κ2) is 7.74. The van der Waals surface area contributed by atoms with Crippen LogP contribution in [-0.4, -0.2) is 26.5 Å². The monoisotopic (exact) mass is 361 g/mol. The molecule has 0 atom stereocenters. The van der Waals surface area contributed by atoms with Gasteiger partial charge in [0.25, 0.3) is 0 Å². The number of rotatable bonds is 7. The van der Waals surface area contributed by atoms with Gasteiger partial charge in [-0.3, -0.25) is 0 Å². The van der Waals surface area contributed by atoms with Crippen LogP contribution in [0.3, 0.4) is 0 Å². The third-order valence-electron chi connectivity index (χ3n) is 3.98. The molecule has 0 aliphatic carbocycles. The first kappa shape index (κ1) is 16.8. The lowest BCUT2D eigenvalue weighted by Gasteiger charge is -2.10. The number of nitrogens with zero attached hydrogens (tertiary/aromatic N) is 4. The van der Waals surface area contributed by atoms with E-state index in [9.17, 15) is 0 Å². The fraction of sp³-hybridized carbons (Fsp3) is 0.150. The van der Waals surface area contributed by atoms with Crippen LogP contribution >= 0.6 is 0 Å². The maximum atomic E-state index is 5.64. The zero-order valence-electron chi connectivity index (χ0n) is 14.9. The molecule has 1 N–H and O–H groups in total. The van der Waals surface area contributed by atoms with Gasteiger partial charge in [-0.2, -0.15) is 10.1 Å². The SMILES string of the molecule is CCOc1ccccc1-c1noc(CNc2ccccc2-n2cccn2)n1. The normalized spacial score (nSPS) is 10.7. The number of anilines is 1. The van der Waals surface area contributed by atoms with Crippen molar-refractivity contribution in [3.05, 3.63) is 72.9 Å². The third-order valence-corrected chi connectivity index (χ3v) is 3.98. The largest absolute Gasteiger partial charge is 0.493 e. The maximum Gasteiger partial charge on any atom is 0.246 e. The second-order valence-corrected chi connectivity index (χ2v) is 5.76. The zero-order chi connectivity index (χ0) is 18.5. The predicted molar refractivity (Wildman–Crippen MR) is 102 cm³/mol. The van der Waals surface area contributed by atoms with Crippen molar-refractivity contribution in [1.29, 1.82) is 0 Å². The molecule has 0 radical (unpaired) electrons. The molecule has 136 valence electrons. The van der Waals surface area contributed by atoms with Crippen LogP contribution in [0.25, 0.3) is 17.1 Å². The van der Waals surface area contributed by atoms with Gasteiger partial charge >= 0.3 is 0 Å². The lowest BCUT2D eigenvalue weighted by molar-refractivity contribution is 0.341. The Kier molecular flexibility index (Phi) is 4.82. The van der Waals surface area contributed by atoms with Gasteiger partial charge in [0.1, 0.15) is 5.75 Å². The minimum absolute atomic E-state index is 0.405. The average molecular weight is 361 g/mol. The summed E-state index contributed by atoms with van der Waals surface area (Å²) in [6.45, 7) is 2.93. The fourth-order valence-corrected chi connectivity index (χ4v) is 2.77. The van der Waals surface area contributed by atoms with Gasteiger partial charge < -0.3 is 14.6 Å². The Morgan fingerprint density at radius 1 is 1.07 bits per heavy atom. The van der Waals surface area contributed by atoms with Crippen molar-refractivity contribution in [3.63, 3.8) is 0 Å². The number of hydrogen-bond donors (Lipinski definition) is 1. The summed E-state index contributed by atoms with van der Waals surface area (Å²) in [5.41, 5.74) is 2.69. The highest BCUT2D eigenvalue weighted by atomic mass is 16.5. The smallest absolute Gasteiger partial charge is 0.246 e. The van der Waals surface area contributed by atoms with E-state index in [-0.39, 0.29) is 0 Å². The van der Waals surface area contributed by atoms with Gasteiger partial charge in [-0.05, 0) is 37.3 Å². The highest BCUT2D eigenvalue weighted by Gasteiger charge is 2.13. The molecule has 0 aliphatic rings. The van der Waals surface area contributed by atoms with E-state index in [1.807, 2.05) is 67.7 Å². The number of aromatic nitrogens is 4. The molecular formula is C20H19N5O2. The summed E-state index contributed by atoms with van der Waals surface area (Å²) in [5.74, 6) is 1.74. The molecule has 0 spiro atoms. The minimum atomic E-state index is 0.405. The molecule has 0 aliphatic heterocycles. The molecule has 0 bridgehead atoms. The highest BCUT2D eigenvalue weighted by Crippen LogP contribution is 2.27. The minimum Gasteiger partial charge on any atom is -0.493 e. The first-order valence-electron chi connectivity index (χ1n) is 8.73. The molecule has 4 rings (SSSR count). The van der Waals surface area contributed by atoms with Gasteiger partial charge in [-0.1, -0.05) is 29.4 Å². The lowest BCUT2D eigenvalue weighted by atomic mass is 10.2. The molecular weight excluding hydrogens is 342 g/mol. The molecule has 0 saturated heterocycles. The van der Waals surface area contributed by atoms with E-state index in [0.29, 0.717) is 24.9 Å². The molecule has 0 unspecified atom stereocenters. The topological polar surface area (TPSA) is 78.0 Å². The van der Waals surface area contributed by atoms with Gasteiger partial charge in [-0.15, -0.1) is 0 Å². The maximum absolute atomic E-state index is 5.64. The van der Waals surface area contributed by atoms with Crippen molar-refractivity contribution in [1.82, 2.24) is 19.9 Å². The van der Waals surface area contributed by atoms with Gasteiger partial charge in [-0.25, -0.2) is 4.68 Å². The average Bonchev–Trinajstić information content (AvgIpc) is 3.40. The number of hydrogen-bond acceptors (Lipinski definition) is 6. The number of benzene rings is 2. The van der Waals surface area contributed by atoms with Crippen LogP contribution in [0.2, 0.25) is 0 Å². The standard InChI is InChI=1S/C20H19N5O2/c1-2-26-18-11-6-3-8-15(18)20-23-19(27-24-20)14-21-16-9-4-5-10-17(16)25-13-7-12-22-25/h3-13,21H,2,14H2,1H3. The van der Waals surface area contributed by atoms with Crippen molar-refractivity contribution >= 4 is 5.69 Å². The Morgan fingerprint density at radius 2 is 1.93 bits per heavy atom. The Balaban J connectivity index is 1.52. The molecule has 0 saturated carbocycles. The predicted octanol–water partition coefficient (Wildman–Crippen LogP) is 3.93. The van der Waals surface area contributed by atoms with Gasteiger partial charge in [0.15, 0.2) is 0 Å². The molecule has 7 heteroatoms. The lowest BCUT2D eigenvalue weighted by Crippen LogP contribution is -2.05. The van der Waals surface area contributed by atoms with E-state index < -0.39 is 0 Å². The van der Waals surface area contributed by atoms with E-state index in [4.69, 9.17) is 9.26 Å². The summed E-state index contributed by atoms with van der Waals surface area (Å²) < 4.78 is 12.8. The summed E-state index contributed by atoms with van der Waals surface area (Å²) in [6, 6.07) is 17.5. The molecule has 2 heterocycles. The molecule has 0 fully saturated rings. The first-order valence-corrected chi connectivity index (χ1v) is 8.73. The van der Waals surface area contributed by atoms with Crippen molar-refractivity contribution in [3.8, 4) is 22.8 Å². The van der Waals surface area contributed by atoms with Gasteiger partial charge in [0, 0.05) is 12.4 Å². The van der Waals surface area contributed by atoms with E-state index in [0.717, 1.165) is 22.7 Å². The molecule has 4 aromatic rings. The Hall–Kier alpha value is -3.61. The Bertz CT molecular complexity index is 1010. The molecule has 7 nitrogen and oxygen atoms in total. The van der Waals surface area contributed by atoms with Crippen LogP contribution in [0.4, 0.5) is 5.69 Å². The van der Waals surface area contributed by atoms with Crippen molar-refractivity contribution in [2.45, 2.75) is 13.5 Å². The van der Waals surface area contributed by atoms with Gasteiger partial charge in [0.2, 0.25) is 11.7 Å². The number of ether oxygens (including phenoxy) is 1. The number of para-hydroxylation sites is 3. The van der Waals surface area contributed by atoms with E-state index in [1.165, 1.54) is 0 Å². The van der Waals surface area contributed by atoms with Crippen LogP contribution in [0.1, 0.15) is 12.8 Å². The van der Waals surface area contributed by atoms with E-state index in [2.05, 4.69) is 20.6 Å². The van der Waals surface area contributed by atoms with Crippen LogP contribution in [0.5, 0.6) is 5.75 Å². The van der Waals surface area contributed by atoms with Crippen molar-refractivity contribution in [2.75, 3.05) is 11.9 Å². The van der Waals surface area contributed by atoms with E-state index in [1.54, 1.807) is 10.9 Å². The first-order chi connectivity index (χ1) is 13.3. The summed E-state index contributed by atoms with van der Waals surface area (Å²) in [5, 5.41) is 11.7. The summed E-state index contributed by atoms with van der Waals surface area (Å²) >= 11 is 0. The molecule has 0 amide bonds. The van der Waals surface area contributed by atoms with E-state index >= 15 is 0 Å². The number of nitrogens with one attached hydrogen (secondary N) is 1. The highest BCUT2D eigenvalue weighted by molar-refractivity contribution is 5.64. The molecule has 2 aromatic heterocycles. The van der Waals surface area contributed by atoms with Crippen molar-refractivity contribution < 1.29 is 9.26 Å². The van der Waals surface area contributed by atoms with Crippen LogP contribution in [-0.2, 0) is 6.54 Å². The third kappa shape index (κ3) is 3.67. The quantitative estimate of drug-likeness (QED) is 0.537. The van der Waals surface area contributed by atoms with Crippen LogP contribution in [0.15, 0.2) is 71.5 Å². The molecule has 2 aromatic carbocycles. The summed E-state index contributed by atoms with van der Waals surface area (Å²) in [7, 11) is 0. The van der Waals surface area contributed by atoms with Crippen LogP contribution < -0.4 is 10.1 Å². The summed E-state index contributed by atoms with van der Waals surface area (Å²) in [4.78, 5) is 4.49. The van der Waals surface area contributed by atoms with Crippen LogP contribution in [0, 0.1) is 0 Å². The van der Waals surface area contributed by atoms with Gasteiger partial charge in [0.05, 0.1) is 30.1 Å².